The molecule has 6 heteroatoms. The third kappa shape index (κ3) is 1.65. The van der Waals surface area contributed by atoms with Gasteiger partial charge in [0.05, 0.1) is 5.69 Å². The van der Waals surface area contributed by atoms with E-state index in [1.54, 1.807) is 18.2 Å². The monoisotopic (exact) mass is 279 g/mol. The number of hydrogen-bond donors (Lipinski definition) is 0. The summed E-state index contributed by atoms with van der Waals surface area (Å²) in [5.41, 5.74) is -0.146. The number of amides is 1. The topological polar surface area (TPSA) is 29.5 Å². The number of halogens is 3. The lowest BCUT2D eigenvalue weighted by Gasteiger charge is -2.30. The zero-order valence-electron chi connectivity index (χ0n) is 10.3. The highest BCUT2D eigenvalue weighted by Crippen LogP contribution is 2.48. The molecule has 2 aromatic carbocycles. The van der Waals surface area contributed by atoms with Crippen molar-refractivity contribution in [3.8, 4) is 11.5 Å². The largest absolute Gasteiger partial charge is 0.453 e. The number of hydrogen-bond acceptors (Lipinski definition) is 2. The number of para-hydroxylation sites is 2. The van der Waals surface area contributed by atoms with Crippen molar-refractivity contribution in [2.24, 2.45) is 0 Å². The second-order valence-electron chi connectivity index (χ2n) is 4.26. The number of ether oxygens (including phenoxy) is 1. The van der Waals surface area contributed by atoms with E-state index in [2.05, 4.69) is 0 Å². The molecule has 0 bridgehead atoms. The smallest absolute Gasteiger partial charge is 0.228 e. The molecule has 0 saturated carbocycles. The molecule has 0 N–H and O–H groups in total. The Morgan fingerprint density at radius 1 is 1.10 bits per heavy atom. The van der Waals surface area contributed by atoms with Crippen LogP contribution in [0.25, 0.3) is 0 Å². The van der Waals surface area contributed by atoms with Crippen molar-refractivity contribution in [2.45, 2.75) is 6.92 Å². The van der Waals surface area contributed by atoms with Crippen LogP contribution in [0.3, 0.4) is 0 Å². The van der Waals surface area contributed by atoms with E-state index in [9.17, 15) is 18.0 Å². The average molecular weight is 279 g/mol. The lowest BCUT2D eigenvalue weighted by Crippen LogP contribution is -2.27. The molecule has 3 nitrogen and oxygen atoms in total. The molecular formula is C14H8F3NO2. The maximum Gasteiger partial charge on any atom is 0.228 e. The third-order valence-electron chi connectivity index (χ3n) is 2.97. The highest BCUT2D eigenvalue weighted by atomic mass is 19.2. The quantitative estimate of drug-likeness (QED) is 0.685. The predicted octanol–water partition coefficient (Wildman–Crippen LogP) is 3.89. The van der Waals surface area contributed by atoms with E-state index in [-0.39, 0.29) is 17.2 Å². The van der Waals surface area contributed by atoms with Gasteiger partial charge in [0, 0.05) is 13.0 Å². The Bertz CT molecular complexity index is 731. The van der Waals surface area contributed by atoms with Crippen LogP contribution in [-0.2, 0) is 4.79 Å². The molecule has 0 spiro atoms. The number of carbonyl (C=O) groups is 1. The van der Waals surface area contributed by atoms with Crippen LogP contribution in [0.2, 0.25) is 0 Å². The molecule has 1 aliphatic rings. The Hall–Kier alpha value is -2.50. The van der Waals surface area contributed by atoms with Gasteiger partial charge < -0.3 is 4.74 Å². The molecule has 0 aromatic heterocycles. The van der Waals surface area contributed by atoms with E-state index < -0.39 is 29.0 Å². The first-order chi connectivity index (χ1) is 9.50. The van der Waals surface area contributed by atoms with Crippen LogP contribution in [0.15, 0.2) is 30.3 Å². The summed E-state index contributed by atoms with van der Waals surface area (Å²) in [7, 11) is 0. The van der Waals surface area contributed by atoms with E-state index in [1.807, 2.05) is 0 Å². The standard InChI is InChI=1S/C14H8F3NO2/c1-7(19)18-9-4-2-3-5-10(9)20-11-6-8(15)12(16)13(17)14(11)18/h2-6H,1H3. The second kappa shape index (κ2) is 4.26. The molecule has 1 aliphatic heterocycles. The minimum Gasteiger partial charge on any atom is -0.453 e. The Balaban J connectivity index is 2.32. The van der Waals surface area contributed by atoms with Gasteiger partial charge in [0.1, 0.15) is 5.69 Å². The van der Waals surface area contributed by atoms with Gasteiger partial charge in [0.25, 0.3) is 0 Å². The zero-order chi connectivity index (χ0) is 14.4. The maximum absolute atomic E-state index is 14.0. The Kier molecular flexibility index (Phi) is 2.67. The number of carbonyl (C=O) groups excluding carboxylic acids is 1. The molecule has 0 unspecified atom stereocenters. The third-order valence-corrected chi connectivity index (χ3v) is 2.97. The normalized spacial score (nSPS) is 12.5. The Labute approximate surface area is 112 Å². The summed E-state index contributed by atoms with van der Waals surface area (Å²) in [5.74, 6) is -4.98. The SMILES string of the molecule is CC(=O)N1c2ccccc2Oc2cc(F)c(F)c(F)c21. The average Bonchev–Trinajstić information content (AvgIpc) is 2.42. The summed E-state index contributed by atoms with van der Waals surface area (Å²) < 4.78 is 46.0. The first kappa shape index (κ1) is 12.5. The molecule has 0 aliphatic carbocycles. The fraction of sp³-hybridized carbons (Fsp3) is 0.0714. The van der Waals surface area contributed by atoms with Gasteiger partial charge in [-0.15, -0.1) is 0 Å². The molecule has 0 radical (unpaired) electrons. The fourth-order valence-electron chi connectivity index (χ4n) is 2.14. The highest BCUT2D eigenvalue weighted by molar-refractivity contribution is 6.03. The van der Waals surface area contributed by atoms with Gasteiger partial charge in [0.15, 0.2) is 29.0 Å². The molecule has 20 heavy (non-hydrogen) atoms. The Morgan fingerprint density at radius 2 is 1.80 bits per heavy atom. The van der Waals surface area contributed by atoms with Crippen LogP contribution in [0, 0.1) is 17.5 Å². The summed E-state index contributed by atoms with van der Waals surface area (Å²) in [4.78, 5) is 12.7. The van der Waals surface area contributed by atoms with Crippen molar-refractivity contribution in [1.29, 1.82) is 0 Å². The number of fused-ring (bicyclic) bond motifs is 2. The summed E-state index contributed by atoms with van der Waals surface area (Å²) in [6.45, 7) is 1.20. The minimum atomic E-state index is -1.64. The van der Waals surface area contributed by atoms with E-state index in [0.717, 1.165) is 11.0 Å². The number of nitrogens with zero attached hydrogens (tertiary/aromatic N) is 1. The first-order valence-electron chi connectivity index (χ1n) is 5.75. The van der Waals surface area contributed by atoms with E-state index in [0.29, 0.717) is 0 Å². The molecular weight excluding hydrogens is 271 g/mol. The van der Waals surface area contributed by atoms with Crippen LogP contribution in [0.4, 0.5) is 24.5 Å². The number of anilines is 2. The molecule has 0 saturated heterocycles. The van der Waals surface area contributed by atoms with Crippen molar-refractivity contribution >= 4 is 17.3 Å². The Morgan fingerprint density at radius 3 is 2.50 bits per heavy atom. The summed E-state index contributed by atoms with van der Waals surface area (Å²) >= 11 is 0. The van der Waals surface area contributed by atoms with Gasteiger partial charge in [-0.3, -0.25) is 9.69 Å². The molecule has 102 valence electrons. The van der Waals surface area contributed by atoms with Gasteiger partial charge in [-0.1, -0.05) is 12.1 Å². The first-order valence-corrected chi connectivity index (χ1v) is 5.75. The summed E-state index contributed by atoms with van der Waals surface area (Å²) in [6, 6.07) is 7.08. The minimum absolute atomic E-state index is 0.240. The van der Waals surface area contributed by atoms with E-state index in [1.165, 1.54) is 13.0 Å². The van der Waals surface area contributed by atoms with Crippen molar-refractivity contribution in [1.82, 2.24) is 0 Å². The molecule has 0 fully saturated rings. The maximum atomic E-state index is 14.0. The summed E-state index contributed by atoms with van der Waals surface area (Å²) in [5, 5.41) is 0. The van der Waals surface area contributed by atoms with Crippen LogP contribution in [0.1, 0.15) is 6.92 Å². The van der Waals surface area contributed by atoms with E-state index >= 15 is 0 Å². The van der Waals surface area contributed by atoms with Crippen LogP contribution in [0.5, 0.6) is 11.5 Å². The second-order valence-corrected chi connectivity index (χ2v) is 4.26. The lowest BCUT2D eigenvalue weighted by molar-refractivity contribution is -0.116. The van der Waals surface area contributed by atoms with Crippen molar-refractivity contribution < 1.29 is 22.7 Å². The summed E-state index contributed by atoms with van der Waals surface area (Å²) in [6.07, 6.45) is 0. The molecule has 1 heterocycles. The predicted molar refractivity (Wildman–Crippen MR) is 65.7 cm³/mol. The van der Waals surface area contributed by atoms with Gasteiger partial charge in [-0.05, 0) is 12.1 Å². The van der Waals surface area contributed by atoms with Crippen LogP contribution in [-0.4, -0.2) is 5.91 Å². The number of benzene rings is 2. The molecule has 2 aromatic rings. The van der Waals surface area contributed by atoms with Crippen molar-refractivity contribution in [2.75, 3.05) is 4.90 Å². The fourth-order valence-corrected chi connectivity index (χ4v) is 2.14. The molecule has 0 atom stereocenters. The van der Waals surface area contributed by atoms with Gasteiger partial charge in [-0.2, -0.15) is 0 Å². The van der Waals surface area contributed by atoms with Crippen LogP contribution < -0.4 is 9.64 Å². The van der Waals surface area contributed by atoms with Gasteiger partial charge in [0.2, 0.25) is 5.91 Å². The van der Waals surface area contributed by atoms with E-state index in [4.69, 9.17) is 4.74 Å². The van der Waals surface area contributed by atoms with Crippen molar-refractivity contribution in [3.63, 3.8) is 0 Å². The highest BCUT2D eigenvalue weighted by Gasteiger charge is 2.33. The van der Waals surface area contributed by atoms with Crippen molar-refractivity contribution in [3.05, 3.63) is 47.8 Å². The number of rotatable bonds is 0. The zero-order valence-corrected chi connectivity index (χ0v) is 10.3. The molecule has 3 rings (SSSR count). The van der Waals surface area contributed by atoms with Gasteiger partial charge >= 0.3 is 0 Å². The van der Waals surface area contributed by atoms with Gasteiger partial charge in [-0.25, -0.2) is 13.2 Å². The van der Waals surface area contributed by atoms with Crippen LogP contribution >= 0.6 is 0 Å². The lowest BCUT2D eigenvalue weighted by atomic mass is 10.1. The molecule has 1 amide bonds.